The Bertz CT molecular complexity index is 1080. The number of H-pyrrole nitrogens is 1. The summed E-state index contributed by atoms with van der Waals surface area (Å²) in [6.07, 6.45) is 2.27. The maximum absolute atomic E-state index is 13.2. The van der Waals surface area contributed by atoms with E-state index in [-0.39, 0.29) is 11.6 Å². The number of nitrogens with zero attached hydrogens (tertiary/aromatic N) is 4. The molecule has 8 nitrogen and oxygen atoms in total. The highest BCUT2D eigenvalue weighted by Crippen LogP contribution is 2.22. The zero-order valence-electron chi connectivity index (χ0n) is 18.2. The van der Waals surface area contributed by atoms with E-state index >= 15 is 0 Å². The van der Waals surface area contributed by atoms with Crippen LogP contribution in [-0.4, -0.2) is 52.0 Å². The van der Waals surface area contributed by atoms with Crippen LogP contribution in [-0.2, 0) is 11.3 Å². The first kappa shape index (κ1) is 20.7. The van der Waals surface area contributed by atoms with Gasteiger partial charge in [0.05, 0.1) is 31.8 Å². The SMILES string of the molecule is COCCn1nnnc1[C@@H](c1cc2cc(C)c(C)cc2[nH]c1=O)[NH+]1CCC(C)CC1. The highest BCUT2D eigenvalue weighted by Gasteiger charge is 2.35. The largest absolute Gasteiger partial charge is 0.383 e. The minimum absolute atomic E-state index is 0.0665. The Labute approximate surface area is 176 Å². The van der Waals surface area contributed by atoms with E-state index in [1.165, 1.54) is 16.0 Å². The van der Waals surface area contributed by atoms with Crippen LogP contribution in [0.2, 0.25) is 0 Å². The number of aryl methyl sites for hydroxylation is 2. The summed E-state index contributed by atoms with van der Waals surface area (Å²) < 4.78 is 7.01. The van der Waals surface area contributed by atoms with Crippen LogP contribution in [0.5, 0.6) is 0 Å². The predicted molar refractivity (Wildman–Crippen MR) is 115 cm³/mol. The summed E-state index contributed by atoms with van der Waals surface area (Å²) in [6.45, 7) is 9.52. The summed E-state index contributed by atoms with van der Waals surface area (Å²) >= 11 is 0. The molecule has 1 aliphatic rings. The molecular formula is C22H31N6O2+. The zero-order valence-corrected chi connectivity index (χ0v) is 18.2. The van der Waals surface area contributed by atoms with Gasteiger partial charge in [0.15, 0.2) is 6.04 Å². The number of aromatic nitrogens is 5. The Kier molecular flexibility index (Phi) is 5.97. The topological polar surface area (TPSA) is 90.1 Å². The second kappa shape index (κ2) is 8.65. The number of nitrogens with one attached hydrogen (secondary N) is 2. The molecule has 0 unspecified atom stereocenters. The Balaban J connectivity index is 1.84. The summed E-state index contributed by atoms with van der Waals surface area (Å²) in [6, 6.07) is 6.01. The van der Waals surface area contributed by atoms with Gasteiger partial charge in [0, 0.05) is 12.6 Å². The number of likely N-dealkylation sites (tertiary alicyclic amines) is 1. The third kappa shape index (κ3) is 4.02. The predicted octanol–water partition coefficient (Wildman–Crippen LogP) is 1.18. The van der Waals surface area contributed by atoms with E-state index in [0.717, 1.165) is 48.2 Å². The lowest BCUT2D eigenvalue weighted by molar-refractivity contribution is -0.932. The number of fused-ring (bicyclic) bond motifs is 1. The van der Waals surface area contributed by atoms with Gasteiger partial charge in [-0.3, -0.25) is 4.79 Å². The summed E-state index contributed by atoms with van der Waals surface area (Å²) in [5.41, 5.74) is 3.90. The molecule has 8 heteroatoms. The van der Waals surface area contributed by atoms with Gasteiger partial charge in [-0.1, -0.05) is 6.92 Å². The Morgan fingerprint density at radius 1 is 1.23 bits per heavy atom. The van der Waals surface area contributed by atoms with Gasteiger partial charge >= 0.3 is 0 Å². The number of pyridine rings is 1. The van der Waals surface area contributed by atoms with Crippen LogP contribution in [0.1, 0.15) is 48.3 Å². The van der Waals surface area contributed by atoms with Crippen LogP contribution in [0.15, 0.2) is 23.0 Å². The van der Waals surface area contributed by atoms with E-state index in [9.17, 15) is 4.79 Å². The number of rotatable bonds is 6. The van der Waals surface area contributed by atoms with Crippen LogP contribution in [0.4, 0.5) is 0 Å². The second-order valence-electron chi connectivity index (χ2n) is 8.60. The van der Waals surface area contributed by atoms with E-state index in [4.69, 9.17) is 4.74 Å². The van der Waals surface area contributed by atoms with Crippen LogP contribution >= 0.6 is 0 Å². The smallest absolute Gasteiger partial charge is 0.258 e. The Hall–Kier alpha value is -2.58. The summed E-state index contributed by atoms with van der Waals surface area (Å²) in [7, 11) is 1.66. The standard InChI is InChI=1S/C22H30N6O2/c1-14-5-7-27(8-6-14)20(21-24-25-26-28(21)9-10-30-4)18-13-17-11-15(2)16(3)12-19(17)23-22(18)29/h11-14,20H,5-10H2,1-4H3,(H,23,29)/p+1/t20-/m1/s1. The number of piperidine rings is 1. The maximum Gasteiger partial charge on any atom is 0.258 e. The third-order valence-corrected chi connectivity index (χ3v) is 6.45. The minimum atomic E-state index is -0.209. The fourth-order valence-electron chi connectivity index (χ4n) is 4.43. The van der Waals surface area contributed by atoms with Crippen LogP contribution in [0.25, 0.3) is 10.9 Å². The van der Waals surface area contributed by atoms with Crippen molar-refractivity contribution in [1.82, 2.24) is 25.2 Å². The highest BCUT2D eigenvalue weighted by molar-refractivity contribution is 5.80. The van der Waals surface area contributed by atoms with Gasteiger partial charge in [0.1, 0.15) is 0 Å². The van der Waals surface area contributed by atoms with E-state index in [2.05, 4.69) is 47.3 Å². The van der Waals surface area contributed by atoms with E-state index in [1.54, 1.807) is 11.8 Å². The molecular weight excluding hydrogens is 380 g/mol. The lowest BCUT2D eigenvalue weighted by atomic mass is 9.95. The minimum Gasteiger partial charge on any atom is -0.383 e. The number of quaternary nitrogens is 1. The number of methoxy groups -OCH3 is 1. The highest BCUT2D eigenvalue weighted by atomic mass is 16.5. The monoisotopic (exact) mass is 411 g/mol. The average Bonchev–Trinajstić information content (AvgIpc) is 3.18. The molecule has 160 valence electrons. The molecule has 1 fully saturated rings. The van der Waals surface area contributed by atoms with Crippen molar-refractivity contribution in [3.8, 4) is 0 Å². The van der Waals surface area contributed by atoms with Crippen molar-refractivity contribution in [3.63, 3.8) is 0 Å². The third-order valence-electron chi connectivity index (χ3n) is 6.45. The molecule has 3 heterocycles. The number of ether oxygens (including phenoxy) is 1. The fourth-order valence-corrected chi connectivity index (χ4v) is 4.43. The Morgan fingerprint density at radius 3 is 2.70 bits per heavy atom. The molecule has 0 saturated carbocycles. The normalized spacial score (nSPS) is 20.5. The van der Waals surface area contributed by atoms with Crippen LogP contribution in [0, 0.1) is 19.8 Å². The molecule has 2 N–H and O–H groups in total. The lowest BCUT2D eigenvalue weighted by Crippen LogP contribution is -3.13. The first-order valence-electron chi connectivity index (χ1n) is 10.7. The van der Waals surface area contributed by atoms with E-state index < -0.39 is 0 Å². The van der Waals surface area contributed by atoms with Gasteiger partial charge in [-0.15, -0.1) is 5.10 Å². The van der Waals surface area contributed by atoms with E-state index in [1.807, 2.05) is 12.1 Å². The van der Waals surface area contributed by atoms with Crippen molar-refractivity contribution in [2.24, 2.45) is 5.92 Å². The van der Waals surface area contributed by atoms with Gasteiger partial charge in [-0.05, 0) is 77.7 Å². The molecule has 0 aliphatic carbocycles. The van der Waals surface area contributed by atoms with Crippen molar-refractivity contribution in [2.45, 2.75) is 46.2 Å². The lowest BCUT2D eigenvalue weighted by Gasteiger charge is -2.33. The molecule has 4 rings (SSSR count). The summed E-state index contributed by atoms with van der Waals surface area (Å²) in [5, 5.41) is 13.5. The molecule has 2 aromatic heterocycles. The first-order valence-corrected chi connectivity index (χ1v) is 10.7. The average molecular weight is 412 g/mol. The first-order chi connectivity index (χ1) is 14.5. The second-order valence-corrected chi connectivity index (χ2v) is 8.60. The van der Waals surface area contributed by atoms with Crippen LogP contribution in [0.3, 0.4) is 0 Å². The molecule has 30 heavy (non-hydrogen) atoms. The van der Waals surface area contributed by atoms with E-state index in [0.29, 0.717) is 19.1 Å². The summed E-state index contributed by atoms with van der Waals surface area (Å²) in [5.74, 6) is 1.43. The number of tetrazole rings is 1. The molecule has 0 bridgehead atoms. The van der Waals surface area contributed by atoms with Gasteiger partial charge in [0.2, 0.25) is 5.82 Å². The van der Waals surface area contributed by atoms with Crippen molar-refractivity contribution < 1.29 is 9.64 Å². The van der Waals surface area contributed by atoms with Crippen molar-refractivity contribution in [3.05, 3.63) is 51.1 Å². The van der Waals surface area contributed by atoms with Gasteiger partial charge < -0.3 is 14.6 Å². The van der Waals surface area contributed by atoms with Gasteiger partial charge in [-0.2, -0.15) is 0 Å². The molecule has 3 aromatic rings. The fraction of sp³-hybridized carbons (Fsp3) is 0.545. The van der Waals surface area contributed by atoms with Gasteiger partial charge in [-0.25, -0.2) is 4.68 Å². The van der Waals surface area contributed by atoms with Crippen LogP contribution < -0.4 is 10.5 Å². The maximum atomic E-state index is 13.2. The molecule has 0 radical (unpaired) electrons. The molecule has 0 amide bonds. The summed E-state index contributed by atoms with van der Waals surface area (Å²) in [4.78, 5) is 17.7. The molecule has 1 saturated heterocycles. The number of aromatic amines is 1. The number of benzene rings is 1. The molecule has 1 atom stereocenters. The molecule has 0 spiro atoms. The quantitative estimate of drug-likeness (QED) is 0.636. The zero-order chi connectivity index (χ0) is 21.3. The van der Waals surface area contributed by atoms with Crippen molar-refractivity contribution in [2.75, 3.05) is 26.8 Å². The van der Waals surface area contributed by atoms with Crippen molar-refractivity contribution >= 4 is 10.9 Å². The van der Waals surface area contributed by atoms with Crippen molar-refractivity contribution in [1.29, 1.82) is 0 Å². The number of hydrogen-bond donors (Lipinski definition) is 2. The molecule has 1 aromatic carbocycles. The van der Waals surface area contributed by atoms with Gasteiger partial charge in [0.25, 0.3) is 5.56 Å². The molecule has 1 aliphatic heterocycles. The Morgan fingerprint density at radius 2 is 1.97 bits per heavy atom. The number of hydrogen-bond acceptors (Lipinski definition) is 5.